The van der Waals surface area contributed by atoms with Gasteiger partial charge in [0.25, 0.3) is 0 Å². The van der Waals surface area contributed by atoms with Crippen LogP contribution in [0.15, 0.2) is 21.8 Å². The molecule has 0 aromatic carbocycles. The van der Waals surface area contributed by atoms with Crippen molar-refractivity contribution in [3.63, 3.8) is 0 Å². The van der Waals surface area contributed by atoms with Gasteiger partial charge in [0.15, 0.2) is 0 Å². The highest BCUT2D eigenvalue weighted by Crippen LogP contribution is 2.01. The molecule has 0 fully saturated rings. The quantitative estimate of drug-likeness (QED) is 0.453. The fraction of sp³-hybridized carbons (Fsp3) is 0.167. The summed E-state index contributed by atoms with van der Waals surface area (Å²) >= 11 is 2.11. The van der Waals surface area contributed by atoms with Crippen molar-refractivity contribution in [3.8, 4) is 0 Å². The van der Waals surface area contributed by atoms with E-state index in [1.54, 1.807) is 6.08 Å². The Balaban J connectivity index is 3.74. The zero-order chi connectivity index (χ0) is 7.28. The van der Waals surface area contributed by atoms with Crippen LogP contribution in [0.4, 0.5) is 0 Å². The number of carboxylic acid groups (broad SMARTS) is 1. The molecule has 0 spiro atoms. The van der Waals surface area contributed by atoms with Crippen molar-refractivity contribution in [2.75, 3.05) is 0 Å². The molecule has 0 radical (unpaired) electrons. The molecule has 2 nitrogen and oxygen atoms in total. The lowest BCUT2D eigenvalue weighted by Gasteiger charge is -1.78. The Labute approximate surface area is 67.4 Å². The number of carbonyl (C=O) groups is 1. The number of halogens is 1. The Morgan fingerprint density at radius 2 is 2.22 bits per heavy atom. The SMILES string of the molecule is CC(I)=CC=CC(=O)O. The summed E-state index contributed by atoms with van der Waals surface area (Å²) in [6.45, 7) is 1.90. The predicted molar refractivity (Wildman–Crippen MR) is 44.6 cm³/mol. The van der Waals surface area contributed by atoms with Gasteiger partial charge in [0.1, 0.15) is 0 Å². The van der Waals surface area contributed by atoms with E-state index in [1.165, 1.54) is 6.08 Å². The Kier molecular flexibility index (Phi) is 4.39. The monoisotopic (exact) mass is 238 g/mol. The molecular weight excluding hydrogens is 231 g/mol. The number of carboxylic acids is 1. The van der Waals surface area contributed by atoms with Crippen molar-refractivity contribution in [1.29, 1.82) is 0 Å². The standard InChI is InChI=1S/C6H7IO2/c1-5(7)3-2-4-6(8)9/h2-4H,1H3,(H,8,9). The minimum atomic E-state index is -0.913. The van der Waals surface area contributed by atoms with E-state index in [0.29, 0.717) is 0 Å². The minimum Gasteiger partial charge on any atom is -0.478 e. The molecule has 0 saturated heterocycles. The molecule has 0 aromatic rings. The third-order valence-electron chi connectivity index (χ3n) is 0.565. The van der Waals surface area contributed by atoms with Gasteiger partial charge in [-0.25, -0.2) is 4.79 Å². The smallest absolute Gasteiger partial charge is 0.328 e. The summed E-state index contributed by atoms with van der Waals surface area (Å²) in [5.41, 5.74) is 0. The Bertz CT molecular complexity index is 154. The maximum Gasteiger partial charge on any atom is 0.328 e. The first-order chi connectivity index (χ1) is 4.13. The van der Waals surface area contributed by atoms with E-state index < -0.39 is 5.97 Å². The van der Waals surface area contributed by atoms with Crippen molar-refractivity contribution in [3.05, 3.63) is 21.8 Å². The summed E-state index contributed by atoms with van der Waals surface area (Å²) in [6.07, 6.45) is 4.33. The molecule has 0 aliphatic rings. The molecule has 1 N–H and O–H groups in total. The van der Waals surface area contributed by atoms with Crippen LogP contribution < -0.4 is 0 Å². The highest BCUT2D eigenvalue weighted by molar-refractivity contribution is 14.1. The van der Waals surface area contributed by atoms with E-state index in [4.69, 9.17) is 5.11 Å². The van der Waals surface area contributed by atoms with Crippen molar-refractivity contribution in [2.24, 2.45) is 0 Å². The van der Waals surface area contributed by atoms with Gasteiger partial charge in [-0.2, -0.15) is 0 Å². The van der Waals surface area contributed by atoms with Crippen LogP contribution in [-0.2, 0) is 4.79 Å². The van der Waals surface area contributed by atoms with Gasteiger partial charge >= 0.3 is 5.97 Å². The van der Waals surface area contributed by atoms with Gasteiger partial charge in [-0.3, -0.25) is 0 Å². The van der Waals surface area contributed by atoms with Gasteiger partial charge in [0.05, 0.1) is 0 Å². The second-order valence-corrected chi connectivity index (χ2v) is 3.15. The summed E-state index contributed by atoms with van der Waals surface area (Å²) in [6, 6.07) is 0. The first kappa shape index (κ1) is 8.68. The van der Waals surface area contributed by atoms with Crippen LogP contribution in [0.1, 0.15) is 6.92 Å². The average Bonchev–Trinajstić information content (AvgIpc) is 1.63. The van der Waals surface area contributed by atoms with E-state index in [2.05, 4.69) is 22.6 Å². The van der Waals surface area contributed by atoms with E-state index in [1.807, 2.05) is 6.92 Å². The number of hydrogen-bond acceptors (Lipinski definition) is 1. The highest BCUT2D eigenvalue weighted by Gasteiger charge is 1.80. The zero-order valence-electron chi connectivity index (χ0n) is 4.97. The van der Waals surface area contributed by atoms with Crippen LogP contribution in [-0.4, -0.2) is 11.1 Å². The van der Waals surface area contributed by atoms with Gasteiger partial charge in [0.2, 0.25) is 0 Å². The van der Waals surface area contributed by atoms with Crippen LogP contribution in [0.5, 0.6) is 0 Å². The van der Waals surface area contributed by atoms with Crippen LogP contribution >= 0.6 is 22.6 Å². The molecule has 0 bridgehead atoms. The van der Waals surface area contributed by atoms with Gasteiger partial charge in [-0.05, 0) is 33.1 Å². The molecule has 0 heterocycles. The van der Waals surface area contributed by atoms with Crippen molar-refractivity contribution in [2.45, 2.75) is 6.92 Å². The molecular formula is C6H7IO2. The molecule has 0 rings (SSSR count). The normalized spacial score (nSPS) is 12.4. The number of rotatable bonds is 2. The molecule has 0 atom stereocenters. The molecule has 0 saturated carbocycles. The Morgan fingerprint density at radius 3 is 2.56 bits per heavy atom. The maximum absolute atomic E-state index is 9.86. The van der Waals surface area contributed by atoms with E-state index in [0.717, 1.165) is 9.66 Å². The van der Waals surface area contributed by atoms with Crippen LogP contribution in [0.3, 0.4) is 0 Å². The lowest BCUT2D eigenvalue weighted by Crippen LogP contribution is -1.84. The third kappa shape index (κ3) is 7.68. The first-order valence-electron chi connectivity index (χ1n) is 2.36. The van der Waals surface area contributed by atoms with Crippen LogP contribution in [0.25, 0.3) is 0 Å². The van der Waals surface area contributed by atoms with Gasteiger partial charge in [-0.15, -0.1) is 0 Å². The largest absolute Gasteiger partial charge is 0.478 e. The third-order valence-corrected chi connectivity index (χ3v) is 0.924. The molecule has 0 aliphatic heterocycles. The van der Waals surface area contributed by atoms with Crippen LogP contribution in [0.2, 0.25) is 0 Å². The number of aliphatic carboxylic acids is 1. The molecule has 0 amide bonds. The number of allylic oxidation sites excluding steroid dienone is 3. The maximum atomic E-state index is 9.86. The van der Waals surface area contributed by atoms with E-state index in [9.17, 15) is 4.79 Å². The summed E-state index contributed by atoms with van der Waals surface area (Å²) < 4.78 is 1.06. The second-order valence-electron chi connectivity index (χ2n) is 1.45. The highest BCUT2D eigenvalue weighted by atomic mass is 127. The van der Waals surface area contributed by atoms with Crippen molar-refractivity contribution < 1.29 is 9.90 Å². The molecule has 50 valence electrons. The predicted octanol–water partition coefficient (Wildman–Crippen LogP) is 1.97. The average molecular weight is 238 g/mol. The lowest BCUT2D eigenvalue weighted by molar-refractivity contribution is -0.131. The van der Waals surface area contributed by atoms with Crippen LogP contribution in [0, 0.1) is 0 Å². The summed E-state index contributed by atoms with van der Waals surface area (Å²) in [5, 5.41) is 8.11. The molecule has 9 heavy (non-hydrogen) atoms. The summed E-state index contributed by atoms with van der Waals surface area (Å²) in [7, 11) is 0. The van der Waals surface area contributed by atoms with Gasteiger partial charge in [-0.1, -0.05) is 12.2 Å². The minimum absolute atomic E-state index is 0.913. The molecule has 0 aromatic heterocycles. The first-order valence-corrected chi connectivity index (χ1v) is 3.44. The lowest BCUT2D eigenvalue weighted by atomic mass is 10.4. The summed E-state index contributed by atoms with van der Waals surface area (Å²) in [4.78, 5) is 9.86. The van der Waals surface area contributed by atoms with E-state index >= 15 is 0 Å². The van der Waals surface area contributed by atoms with Gasteiger partial charge in [0, 0.05) is 6.08 Å². The van der Waals surface area contributed by atoms with Crippen molar-refractivity contribution >= 4 is 28.6 Å². The fourth-order valence-corrected chi connectivity index (χ4v) is 0.471. The molecule has 0 unspecified atom stereocenters. The Hall–Kier alpha value is -0.320. The fourth-order valence-electron chi connectivity index (χ4n) is 0.263. The van der Waals surface area contributed by atoms with Gasteiger partial charge < -0.3 is 5.11 Å². The second kappa shape index (κ2) is 4.55. The van der Waals surface area contributed by atoms with E-state index in [-0.39, 0.29) is 0 Å². The Morgan fingerprint density at radius 1 is 1.67 bits per heavy atom. The zero-order valence-corrected chi connectivity index (χ0v) is 7.12. The number of hydrogen-bond donors (Lipinski definition) is 1. The topological polar surface area (TPSA) is 37.3 Å². The van der Waals surface area contributed by atoms with Crippen molar-refractivity contribution in [1.82, 2.24) is 0 Å². The molecule has 3 heteroatoms. The summed E-state index contributed by atoms with van der Waals surface area (Å²) in [5.74, 6) is -0.913. The molecule has 0 aliphatic carbocycles.